The molecule has 1 aromatic heterocycles. The van der Waals surface area contributed by atoms with Crippen molar-refractivity contribution in [1.82, 2.24) is 4.98 Å². The highest BCUT2D eigenvalue weighted by molar-refractivity contribution is 7.22. The van der Waals surface area contributed by atoms with E-state index in [4.69, 9.17) is 14.5 Å². The Kier molecular flexibility index (Phi) is 6.11. The fraction of sp³-hybridized carbons (Fsp3) is 0.391. The number of ether oxygens (including phenoxy) is 2. The molecule has 1 aliphatic rings. The second kappa shape index (κ2) is 8.93. The lowest BCUT2D eigenvalue weighted by Crippen LogP contribution is -2.38. The molecule has 0 saturated carbocycles. The van der Waals surface area contributed by atoms with Gasteiger partial charge < -0.3 is 9.47 Å². The van der Waals surface area contributed by atoms with Gasteiger partial charge in [0.1, 0.15) is 5.75 Å². The van der Waals surface area contributed by atoms with Crippen molar-refractivity contribution in [3.05, 3.63) is 53.6 Å². The number of hydrogen-bond donors (Lipinski definition) is 0. The normalized spacial score (nSPS) is 16.3. The van der Waals surface area contributed by atoms with Crippen LogP contribution in [0.2, 0.25) is 0 Å². The monoisotopic (exact) mass is 410 g/mol. The molecule has 0 aliphatic carbocycles. The highest BCUT2D eigenvalue weighted by Crippen LogP contribution is 2.32. The van der Waals surface area contributed by atoms with Crippen molar-refractivity contribution in [1.29, 1.82) is 0 Å². The maximum absolute atomic E-state index is 13.3. The summed E-state index contributed by atoms with van der Waals surface area (Å²) in [6.45, 7) is 3.45. The summed E-state index contributed by atoms with van der Waals surface area (Å²) < 4.78 is 12.2. The Morgan fingerprint density at radius 2 is 2.10 bits per heavy atom. The van der Waals surface area contributed by atoms with Crippen LogP contribution in [0.25, 0.3) is 10.2 Å². The molecule has 0 unspecified atom stereocenters. The Hall–Kier alpha value is -2.44. The van der Waals surface area contributed by atoms with E-state index >= 15 is 0 Å². The summed E-state index contributed by atoms with van der Waals surface area (Å²) in [6.07, 6.45) is 3.36. The lowest BCUT2D eigenvalue weighted by molar-refractivity contribution is -0.118. The lowest BCUT2D eigenvalue weighted by atomic mass is 10.1. The average molecular weight is 411 g/mol. The van der Waals surface area contributed by atoms with E-state index in [2.05, 4.69) is 25.1 Å². The van der Waals surface area contributed by atoms with Gasteiger partial charge in [0.25, 0.3) is 0 Å². The number of aromatic nitrogens is 1. The number of carbonyl (C=O) groups excluding carboxylic acids is 1. The van der Waals surface area contributed by atoms with Gasteiger partial charge in [0.15, 0.2) is 5.13 Å². The maximum atomic E-state index is 13.3. The minimum Gasteiger partial charge on any atom is -0.497 e. The Balaban J connectivity index is 1.62. The van der Waals surface area contributed by atoms with Gasteiger partial charge in [-0.3, -0.25) is 9.69 Å². The van der Waals surface area contributed by atoms with Crippen LogP contribution >= 0.6 is 11.3 Å². The molecule has 3 aromatic rings. The molecule has 1 saturated heterocycles. The summed E-state index contributed by atoms with van der Waals surface area (Å²) in [7, 11) is 1.64. The fourth-order valence-electron chi connectivity index (χ4n) is 3.69. The minimum atomic E-state index is 0.0442. The maximum Gasteiger partial charge on any atom is 0.233 e. The van der Waals surface area contributed by atoms with Gasteiger partial charge in [-0.2, -0.15) is 0 Å². The number of thiazole rings is 1. The van der Waals surface area contributed by atoms with Crippen LogP contribution in [-0.2, 0) is 22.4 Å². The lowest BCUT2D eigenvalue weighted by Gasteiger charge is -2.23. The quantitative estimate of drug-likeness (QED) is 0.570. The molecule has 2 heterocycles. The summed E-state index contributed by atoms with van der Waals surface area (Å²) in [4.78, 5) is 20.0. The van der Waals surface area contributed by atoms with E-state index in [1.165, 1.54) is 5.56 Å². The van der Waals surface area contributed by atoms with E-state index in [1.807, 2.05) is 29.2 Å². The summed E-state index contributed by atoms with van der Waals surface area (Å²) in [5, 5.41) is 0.759. The van der Waals surface area contributed by atoms with Gasteiger partial charge in [-0.1, -0.05) is 42.5 Å². The van der Waals surface area contributed by atoms with E-state index in [0.29, 0.717) is 13.0 Å². The van der Waals surface area contributed by atoms with E-state index < -0.39 is 0 Å². The van der Waals surface area contributed by atoms with Crippen LogP contribution in [0.4, 0.5) is 5.13 Å². The molecule has 0 bridgehead atoms. The predicted molar refractivity (Wildman–Crippen MR) is 117 cm³/mol. The zero-order valence-electron chi connectivity index (χ0n) is 16.9. The molecule has 0 radical (unpaired) electrons. The fourth-order valence-corrected chi connectivity index (χ4v) is 4.73. The number of methoxy groups -OCH3 is 1. The molecule has 0 spiro atoms. The van der Waals surface area contributed by atoms with Crippen molar-refractivity contribution in [3.8, 4) is 5.75 Å². The van der Waals surface area contributed by atoms with E-state index in [0.717, 1.165) is 52.5 Å². The third kappa shape index (κ3) is 4.43. The van der Waals surface area contributed by atoms with Gasteiger partial charge in [0.05, 0.1) is 36.4 Å². The highest BCUT2D eigenvalue weighted by Gasteiger charge is 2.26. The molecular formula is C23H26N2O3S. The first kappa shape index (κ1) is 19.9. The van der Waals surface area contributed by atoms with Crippen molar-refractivity contribution in [2.45, 2.75) is 38.7 Å². The van der Waals surface area contributed by atoms with Gasteiger partial charge in [-0.25, -0.2) is 4.98 Å². The molecule has 29 heavy (non-hydrogen) atoms. The van der Waals surface area contributed by atoms with E-state index in [9.17, 15) is 4.79 Å². The number of para-hydroxylation sites is 1. The second-order valence-corrected chi connectivity index (χ2v) is 8.29. The van der Waals surface area contributed by atoms with Crippen molar-refractivity contribution in [2.24, 2.45) is 0 Å². The number of hydrogen-bond acceptors (Lipinski definition) is 5. The number of amides is 1. The molecule has 152 valence electrons. The van der Waals surface area contributed by atoms with Crippen LogP contribution in [0, 0.1) is 0 Å². The number of nitrogens with zero attached hydrogens (tertiary/aromatic N) is 2. The van der Waals surface area contributed by atoms with Crippen molar-refractivity contribution < 1.29 is 14.3 Å². The summed E-state index contributed by atoms with van der Waals surface area (Å²) in [5.74, 6) is 0.832. The Bertz CT molecular complexity index is 977. The third-order valence-electron chi connectivity index (χ3n) is 5.33. The van der Waals surface area contributed by atoms with Crippen molar-refractivity contribution in [3.63, 3.8) is 0 Å². The average Bonchev–Trinajstić information content (AvgIpc) is 3.41. The molecule has 1 aliphatic heterocycles. The predicted octanol–water partition coefficient (Wildman–Crippen LogP) is 4.62. The molecule has 6 heteroatoms. The topological polar surface area (TPSA) is 51.7 Å². The van der Waals surface area contributed by atoms with Gasteiger partial charge in [-0.05, 0) is 48.6 Å². The van der Waals surface area contributed by atoms with Crippen LogP contribution in [0.1, 0.15) is 30.9 Å². The second-order valence-electron chi connectivity index (χ2n) is 7.28. The minimum absolute atomic E-state index is 0.0442. The van der Waals surface area contributed by atoms with Gasteiger partial charge in [-0.15, -0.1) is 0 Å². The van der Waals surface area contributed by atoms with Gasteiger partial charge in [0.2, 0.25) is 5.91 Å². The molecule has 1 atom stereocenters. The van der Waals surface area contributed by atoms with Gasteiger partial charge >= 0.3 is 0 Å². The summed E-state index contributed by atoms with van der Waals surface area (Å²) >= 11 is 1.58. The standard InChI is InChI=1S/C23H26N2O3S/c1-3-17-6-4-8-20-22(17)24-23(29-20)25(15-19-7-5-13-28-19)21(26)14-16-9-11-18(27-2)12-10-16/h4,6,8-12,19H,3,5,7,13-15H2,1-2H3/t19-/m0/s1. The zero-order chi connectivity index (χ0) is 20.2. The first-order chi connectivity index (χ1) is 14.2. The van der Waals surface area contributed by atoms with E-state index in [-0.39, 0.29) is 12.0 Å². The first-order valence-electron chi connectivity index (χ1n) is 10.1. The number of aryl methyl sites for hydroxylation is 1. The number of fused-ring (bicyclic) bond motifs is 1. The SMILES string of the molecule is CCc1cccc2sc(N(C[C@@H]3CCCO3)C(=O)Cc3ccc(OC)cc3)nc12. The largest absolute Gasteiger partial charge is 0.497 e. The molecule has 2 aromatic carbocycles. The Morgan fingerprint density at radius 1 is 1.28 bits per heavy atom. The van der Waals surface area contributed by atoms with Crippen LogP contribution < -0.4 is 9.64 Å². The summed E-state index contributed by atoms with van der Waals surface area (Å²) in [6, 6.07) is 13.9. The molecule has 5 nitrogen and oxygen atoms in total. The molecule has 0 N–H and O–H groups in total. The highest BCUT2D eigenvalue weighted by atomic mass is 32.1. The van der Waals surface area contributed by atoms with Crippen LogP contribution in [0.15, 0.2) is 42.5 Å². The number of rotatable bonds is 7. The molecule has 1 amide bonds. The third-order valence-corrected chi connectivity index (χ3v) is 6.37. The van der Waals surface area contributed by atoms with Crippen LogP contribution in [0.5, 0.6) is 5.75 Å². The zero-order valence-corrected chi connectivity index (χ0v) is 17.7. The van der Waals surface area contributed by atoms with Crippen molar-refractivity contribution in [2.75, 3.05) is 25.2 Å². The molecule has 1 fully saturated rings. The Labute approximate surface area is 175 Å². The number of carbonyl (C=O) groups is 1. The van der Waals surface area contributed by atoms with Crippen LogP contribution in [0.3, 0.4) is 0 Å². The summed E-state index contributed by atoms with van der Waals surface area (Å²) in [5.41, 5.74) is 3.18. The smallest absolute Gasteiger partial charge is 0.233 e. The molecule has 4 rings (SSSR count). The van der Waals surface area contributed by atoms with Crippen molar-refractivity contribution >= 4 is 32.6 Å². The van der Waals surface area contributed by atoms with Crippen LogP contribution in [-0.4, -0.2) is 37.3 Å². The van der Waals surface area contributed by atoms with E-state index in [1.54, 1.807) is 18.4 Å². The Morgan fingerprint density at radius 3 is 2.79 bits per heavy atom. The molecular weight excluding hydrogens is 384 g/mol. The number of anilines is 1. The van der Waals surface area contributed by atoms with Gasteiger partial charge in [0, 0.05) is 6.61 Å². The number of benzene rings is 2. The first-order valence-corrected chi connectivity index (χ1v) is 10.9.